The molecule has 0 aliphatic heterocycles. The van der Waals surface area contributed by atoms with E-state index in [9.17, 15) is 0 Å². The quantitative estimate of drug-likeness (QED) is 0.707. The van der Waals surface area contributed by atoms with Crippen molar-refractivity contribution in [3.8, 4) is 5.75 Å². The van der Waals surface area contributed by atoms with Crippen molar-refractivity contribution in [1.82, 2.24) is 4.98 Å². The molecule has 0 bridgehead atoms. The van der Waals surface area contributed by atoms with Crippen LogP contribution in [0.4, 0.5) is 5.69 Å². The second kappa shape index (κ2) is 6.10. The van der Waals surface area contributed by atoms with Crippen molar-refractivity contribution < 1.29 is 4.74 Å². The summed E-state index contributed by atoms with van der Waals surface area (Å²) in [6, 6.07) is 9.38. The van der Waals surface area contributed by atoms with Gasteiger partial charge in [-0.3, -0.25) is 0 Å². The summed E-state index contributed by atoms with van der Waals surface area (Å²) >= 11 is 13.9. The Bertz CT molecular complexity index is 788. The normalized spacial score (nSPS) is 10.8. The first-order valence-electron chi connectivity index (χ1n) is 6.27. The second-order valence-electron chi connectivity index (χ2n) is 4.43. The molecule has 1 heterocycles. The molecule has 2 aromatic carbocycles. The van der Waals surface area contributed by atoms with Gasteiger partial charge in [-0.05, 0) is 30.3 Å². The van der Waals surface area contributed by atoms with Crippen molar-refractivity contribution in [2.45, 2.75) is 6.54 Å². The van der Waals surface area contributed by atoms with Gasteiger partial charge in [-0.25, -0.2) is 4.98 Å². The van der Waals surface area contributed by atoms with Gasteiger partial charge in [0.25, 0.3) is 0 Å². The summed E-state index contributed by atoms with van der Waals surface area (Å²) in [6.45, 7) is 0.556. The number of hydrogen-bond donors (Lipinski definition) is 1. The molecule has 6 heteroatoms. The molecule has 0 saturated heterocycles. The molecule has 1 N–H and O–H groups in total. The fourth-order valence-electron chi connectivity index (χ4n) is 2.14. The van der Waals surface area contributed by atoms with Crippen LogP contribution in [0.5, 0.6) is 5.75 Å². The van der Waals surface area contributed by atoms with E-state index in [2.05, 4.69) is 10.3 Å². The number of nitrogens with zero attached hydrogens (tertiary/aromatic N) is 1. The molecule has 0 atom stereocenters. The van der Waals surface area contributed by atoms with Crippen LogP contribution in [0.15, 0.2) is 35.8 Å². The predicted octanol–water partition coefficient (Wildman–Crippen LogP) is 5.22. The van der Waals surface area contributed by atoms with Gasteiger partial charge in [-0.2, -0.15) is 0 Å². The van der Waals surface area contributed by atoms with Gasteiger partial charge < -0.3 is 10.1 Å². The highest BCUT2D eigenvalue weighted by molar-refractivity contribution is 7.16. The number of anilines is 1. The largest absolute Gasteiger partial charge is 0.496 e. The van der Waals surface area contributed by atoms with Crippen LogP contribution >= 0.6 is 34.5 Å². The van der Waals surface area contributed by atoms with Gasteiger partial charge in [0.2, 0.25) is 0 Å². The number of fused-ring (bicyclic) bond motifs is 1. The Labute approximate surface area is 136 Å². The maximum absolute atomic E-state index is 6.28. The van der Waals surface area contributed by atoms with Gasteiger partial charge in [0, 0.05) is 17.1 Å². The van der Waals surface area contributed by atoms with Gasteiger partial charge >= 0.3 is 0 Å². The molecular formula is C15H12Cl2N2OS. The van der Waals surface area contributed by atoms with E-state index in [0.29, 0.717) is 16.6 Å². The van der Waals surface area contributed by atoms with Crippen molar-refractivity contribution in [3.05, 3.63) is 51.5 Å². The fourth-order valence-corrected chi connectivity index (χ4v) is 3.24. The summed E-state index contributed by atoms with van der Waals surface area (Å²) in [5.74, 6) is 0.786. The monoisotopic (exact) mass is 338 g/mol. The van der Waals surface area contributed by atoms with Crippen molar-refractivity contribution in [2.75, 3.05) is 12.4 Å². The minimum Gasteiger partial charge on any atom is -0.496 e. The molecule has 0 unspecified atom stereocenters. The zero-order valence-corrected chi connectivity index (χ0v) is 13.5. The van der Waals surface area contributed by atoms with Crippen LogP contribution < -0.4 is 10.1 Å². The van der Waals surface area contributed by atoms with Crippen molar-refractivity contribution in [3.63, 3.8) is 0 Å². The standard InChI is InChI=1S/C15H12Cl2N2OS/c1-20-12-4-2-10(16)6-9(12)7-18-14-11(17)3-5-13-15(14)19-8-21-13/h2-6,8,18H,7H2,1H3. The summed E-state index contributed by atoms with van der Waals surface area (Å²) in [5, 5.41) is 4.65. The van der Waals surface area contributed by atoms with Gasteiger partial charge in [0.1, 0.15) is 11.3 Å². The van der Waals surface area contributed by atoms with Crippen LogP contribution in [0.3, 0.4) is 0 Å². The van der Waals surface area contributed by atoms with E-state index in [1.807, 2.05) is 29.8 Å². The number of aromatic nitrogens is 1. The van der Waals surface area contributed by atoms with E-state index in [-0.39, 0.29) is 0 Å². The first kappa shape index (κ1) is 14.4. The molecule has 0 aliphatic rings. The number of rotatable bonds is 4. The molecule has 3 aromatic rings. The Morgan fingerprint density at radius 3 is 2.90 bits per heavy atom. The number of benzene rings is 2. The lowest BCUT2D eigenvalue weighted by molar-refractivity contribution is 0.410. The highest BCUT2D eigenvalue weighted by Crippen LogP contribution is 2.33. The number of ether oxygens (including phenoxy) is 1. The molecule has 21 heavy (non-hydrogen) atoms. The predicted molar refractivity (Wildman–Crippen MR) is 90.0 cm³/mol. The zero-order valence-electron chi connectivity index (χ0n) is 11.2. The number of thiazole rings is 1. The third-order valence-corrected chi connectivity index (χ3v) is 4.49. The summed E-state index contributed by atoms with van der Waals surface area (Å²) < 4.78 is 6.44. The number of halogens is 2. The maximum Gasteiger partial charge on any atom is 0.123 e. The van der Waals surface area contributed by atoms with Gasteiger partial charge in [0.15, 0.2) is 0 Å². The van der Waals surface area contributed by atoms with E-state index in [0.717, 1.165) is 27.2 Å². The van der Waals surface area contributed by atoms with Crippen LogP contribution in [0.2, 0.25) is 10.0 Å². The molecule has 3 rings (SSSR count). The number of methoxy groups -OCH3 is 1. The number of nitrogens with one attached hydrogen (secondary N) is 1. The Hall–Kier alpha value is -1.49. The van der Waals surface area contributed by atoms with Crippen LogP contribution in [0.1, 0.15) is 5.56 Å². The summed E-state index contributed by atoms with van der Waals surface area (Å²) in [6.07, 6.45) is 0. The lowest BCUT2D eigenvalue weighted by Crippen LogP contribution is -2.03. The zero-order chi connectivity index (χ0) is 14.8. The summed E-state index contributed by atoms with van der Waals surface area (Å²) in [5.41, 5.74) is 4.49. The highest BCUT2D eigenvalue weighted by Gasteiger charge is 2.10. The highest BCUT2D eigenvalue weighted by atomic mass is 35.5. The Morgan fingerprint density at radius 2 is 2.10 bits per heavy atom. The van der Waals surface area contributed by atoms with Crippen LogP contribution in [-0.2, 0) is 6.54 Å². The van der Waals surface area contributed by atoms with Crippen molar-refractivity contribution >= 4 is 50.4 Å². The van der Waals surface area contributed by atoms with Gasteiger partial charge in [-0.1, -0.05) is 23.2 Å². The molecule has 108 valence electrons. The van der Waals surface area contributed by atoms with Crippen LogP contribution in [-0.4, -0.2) is 12.1 Å². The molecule has 3 nitrogen and oxygen atoms in total. The third kappa shape index (κ3) is 2.93. The second-order valence-corrected chi connectivity index (χ2v) is 6.16. The van der Waals surface area contributed by atoms with Gasteiger partial charge in [0.05, 0.1) is 28.0 Å². The van der Waals surface area contributed by atoms with Crippen molar-refractivity contribution in [2.24, 2.45) is 0 Å². The van der Waals surface area contributed by atoms with E-state index < -0.39 is 0 Å². The molecule has 1 aromatic heterocycles. The summed E-state index contributed by atoms with van der Waals surface area (Å²) in [7, 11) is 1.64. The lowest BCUT2D eigenvalue weighted by atomic mass is 10.2. The molecular weight excluding hydrogens is 327 g/mol. The van der Waals surface area contributed by atoms with E-state index in [1.54, 1.807) is 24.5 Å². The van der Waals surface area contributed by atoms with E-state index in [1.165, 1.54) is 0 Å². The minimum absolute atomic E-state index is 0.556. The Morgan fingerprint density at radius 1 is 1.24 bits per heavy atom. The molecule has 0 fully saturated rings. The molecule has 0 saturated carbocycles. The SMILES string of the molecule is COc1ccc(Cl)cc1CNc1c(Cl)ccc2scnc12. The van der Waals surface area contributed by atoms with E-state index >= 15 is 0 Å². The van der Waals surface area contributed by atoms with E-state index in [4.69, 9.17) is 27.9 Å². The first-order chi connectivity index (χ1) is 10.2. The first-order valence-corrected chi connectivity index (χ1v) is 7.90. The Kier molecular flexibility index (Phi) is 4.19. The topological polar surface area (TPSA) is 34.1 Å². The molecule has 0 radical (unpaired) electrons. The molecule has 0 aliphatic carbocycles. The van der Waals surface area contributed by atoms with Gasteiger partial charge in [-0.15, -0.1) is 11.3 Å². The molecule has 0 spiro atoms. The average Bonchev–Trinajstić information content (AvgIpc) is 2.95. The summed E-state index contributed by atoms with van der Waals surface area (Å²) in [4.78, 5) is 4.37. The Balaban J connectivity index is 1.92. The fraction of sp³-hybridized carbons (Fsp3) is 0.133. The molecule has 0 amide bonds. The lowest BCUT2D eigenvalue weighted by Gasteiger charge is -2.12. The number of hydrogen-bond acceptors (Lipinski definition) is 4. The van der Waals surface area contributed by atoms with Crippen molar-refractivity contribution in [1.29, 1.82) is 0 Å². The maximum atomic E-state index is 6.28. The smallest absolute Gasteiger partial charge is 0.123 e. The third-order valence-electron chi connectivity index (χ3n) is 3.15. The average molecular weight is 339 g/mol. The van der Waals surface area contributed by atoms with Crippen LogP contribution in [0, 0.1) is 0 Å². The van der Waals surface area contributed by atoms with Crippen LogP contribution in [0.25, 0.3) is 10.2 Å². The minimum atomic E-state index is 0.556.